The molecule has 0 aromatic rings. The SMILES string of the molecule is CC/C=C\C/C=C\C/C=C\C/C=C\C/C=C\C/C=C\CCCCCCCCCCCCCCCCCCCCCCCCC(=O)OC(COC(=O)CCCCCCCCCCC)COC(OCC[N+](C)(C)C)C(=O)O. The number of nitrogens with zero attached hydrogens (tertiary/aromatic N) is 1. The molecular weight excluding hydrogens is 935 g/mol. The Hall–Kier alpha value is -3.27. The Labute approximate surface area is 462 Å². The maximum atomic E-state index is 12.8. The third-order valence-electron chi connectivity index (χ3n) is 13.5. The Morgan fingerprint density at radius 3 is 1.13 bits per heavy atom. The normalized spacial score (nSPS) is 13.2. The Kier molecular flexibility index (Phi) is 54.4. The predicted octanol–water partition coefficient (Wildman–Crippen LogP) is 18.6. The van der Waals surface area contributed by atoms with E-state index in [9.17, 15) is 19.5 Å². The number of esters is 2. The van der Waals surface area contributed by atoms with Gasteiger partial charge in [-0.25, -0.2) is 4.79 Å². The molecule has 0 aromatic heterocycles. The van der Waals surface area contributed by atoms with Crippen molar-refractivity contribution in [2.45, 2.75) is 283 Å². The summed E-state index contributed by atoms with van der Waals surface area (Å²) < 4.78 is 22.8. The maximum Gasteiger partial charge on any atom is 0.361 e. The lowest BCUT2D eigenvalue weighted by molar-refractivity contribution is -0.870. The van der Waals surface area contributed by atoms with E-state index >= 15 is 0 Å². The fourth-order valence-electron chi connectivity index (χ4n) is 8.72. The van der Waals surface area contributed by atoms with Gasteiger partial charge in [0.2, 0.25) is 0 Å². The van der Waals surface area contributed by atoms with Crippen molar-refractivity contribution in [1.82, 2.24) is 0 Å². The highest BCUT2D eigenvalue weighted by Gasteiger charge is 2.25. The van der Waals surface area contributed by atoms with Crippen molar-refractivity contribution in [2.24, 2.45) is 0 Å². The number of carboxylic acids is 1. The number of hydrogen-bond donors (Lipinski definition) is 1. The lowest BCUT2D eigenvalue weighted by atomic mass is 10.0. The summed E-state index contributed by atoms with van der Waals surface area (Å²) >= 11 is 0. The van der Waals surface area contributed by atoms with Crippen molar-refractivity contribution < 1.29 is 42.9 Å². The van der Waals surface area contributed by atoms with Crippen LogP contribution in [-0.4, -0.2) is 87.4 Å². The van der Waals surface area contributed by atoms with E-state index in [-0.39, 0.29) is 32.2 Å². The second-order valence-corrected chi connectivity index (χ2v) is 22.0. The Bertz CT molecular complexity index is 1460. The molecule has 0 radical (unpaired) electrons. The smallest absolute Gasteiger partial charge is 0.361 e. The third kappa shape index (κ3) is 58.3. The van der Waals surface area contributed by atoms with E-state index in [1.807, 2.05) is 21.1 Å². The number of likely N-dealkylation sites (N-methyl/N-ethyl adjacent to an activating group) is 1. The lowest BCUT2D eigenvalue weighted by Crippen LogP contribution is -2.40. The predicted molar refractivity (Wildman–Crippen MR) is 318 cm³/mol. The van der Waals surface area contributed by atoms with Gasteiger partial charge in [0.15, 0.2) is 6.10 Å². The van der Waals surface area contributed by atoms with Crippen molar-refractivity contribution in [3.05, 3.63) is 72.9 Å². The molecule has 0 rings (SSSR count). The van der Waals surface area contributed by atoms with Gasteiger partial charge < -0.3 is 28.5 Å². The molecule has 1 N–H and O–H groups in total. The van der Waals surface area contributed by atoms with E-state index in [0.717, 1.165) is 77.0 Å². The van der Waals surface area contributed by atoms with Gasteiger partial charge in [-0.3, -0.25) is 9.59 Å². The summed E-state index contributed by atoms with van der Waals surface area (Å²) in [5, 5.41) is 9.67. The minimum Gasteiger partial charge on any atom is -0.477 e. The first-order valence-corrected chi connectivity index (χ1v) is 31.1. The Morgan fingerprint density at radius 1 is 0.413 bits per heavy atom. The maximum absolute atomic E-state index is 12.8. The van der Waals surface area contributed by atoms with E-state index in [1.54, 1.807) is 0 Å². The number of ether oxygens (including phenoxy) is 4. The molecular formula is C66H118NO8+. The molecule has 0 aliphatic heterocycles. The van der Waals surface area contributed by atoms with Crippen LogP contribution in [0.3, 0.4) is 0 Å². The molecule has 0 aromatic carbocycles. The zero-order chi connectivity index (χ0) is 54.8. The Balaban J connectivity index is 3.88. The molecule has 0 saturated heterocycles. The minimum absolute atomic E-state index is 0.178. The van der Waals surface area contributed by atoms with Gasteiger partial charge in [0.1, 0.15) is 13.2 Å². The number of allylic oxidation sites excluding steroid dienone is 12. The summed E-state index contributed by atoms with van der Waals surface area (Å²) in [6.45, 7) is 4.75. The van der Waals surface area contributed by atoms with Crippen molar-refractivity contribution in [2.75, 3.05) is 47.5 Å². The fraction of sp³-hybridized carbons (Fsp3) is 0.773. The Morgan fingerprint density at radius 2 is 0.760 bits per heavy atom. The molecule has 0 amide bonds. The van der Waals surface area contributed by atoms with Gasteiger partial charge in [0.05, 0.1) is 34.4 Å². The second kappa shape index (κ2) is 56.9. The first-order valence-electron chi connectivity index (χ1n) is 31.1. The molecule has 0 fully saturated rings. The average molecular weight is 1050 g/mol. The summed E-state index contributed by atoms with van der Waals surface area (Å²) in [7, 11) is 5.97. The summed E-state index contributed by atoms with van der Waals surface area (Å²) in [6.07, 6.45) is 71.8. The molecule has 0 heterocycles. The second-order valence-electron chi connectivity index (χ2n) is 22.0. The van der Waals surface area contributed by atoms with Gasteiger partial charge in [-0.05, 0) is 64.2 Å². The van der Waals surface area contributed by atoms with Gasteiger partial charge in [0, 0.05) is 12.8 Å². The van der Waals surface area contributed by atoms with Crippen molar-refractivity contribution in [1.29, 1.82) is 0 Å². The van der Waals surface area contributed by atoms with Crippen LogP contribution in [-0.2, 0) is 33.3 Å². The van der Waals surface area contributed by atoms with Crippen LogP contribution < -0.4 is 0 Å². The van der Waals surface area contributed by atoms with Crippen LogP contribution in [0.5, 0.6) is 0 Å². The fourth-order valence-corrected chi connectivity index (χ4v) is 8.72. The highest BCUT2D eigenvalue weighted by Crippen LogP contribution is 2.17. The number of rotatable bonds is 57. The molecule has 9 nitrogen and oxygen atoms in total. The first kappa shape index (κ1) is 71.7. The number of carbonyl (C=O) groups excluding carboxylic acids is 2. The quantitative estimate of drug-likeness (QED) is 0.0211. The number of carbonyl (C=O) groups is 3. The van der Waals surface area contributed by atoms with Crippen molar-refractivity contribution in [3.8, 4) is 0 Å². The largest absolute Gasteiger partial charge is 0.477 e. The zero-order valence-corrected chi connectivity index (χ0v) is 49.4. The lowest BCUT2D eigenvalue weighted by Gasteiger charge is -2.25. The van der Waals surface area contributed by atoms with Gasteiger partial charge in [-0.1, -0.05) is 267 Å². The average Bonchev–Trinajstić information content (AvgIpc) is 3.38. The van der Waals surface area contributed by atoms with Gasteiger partial charge in [-0.15, -0.1) is 0 Å². The first-order chi connectivity index (χ1) is 36.6. The number of hydrogen-bond acceptors (Lipinski definition) is 7. The highest BCUT2D eigenvalue weighted by molar-refractivity contribution is 5.71. The van der Waals surface area contributed by atoms with E-state index in [1.165, 1.54) is 167 Å². The van der Waals surface area contributed by atoms with Crippen LogP contribution in [0.1, 0.15) is 271 Å². The number of quaternary nitrogens is 1. The zero-order valence-electron chi connectivity index (χ0n) is 49.4. The van der Waals surface area contributed by atoms with Crippen LogP contribution in [0.4, 0.5) is 0 Å². The van der Waals surface area contributed by atoms with E-state index < -0.39 is 24.3 Å². The van der Waals surface area contributed by atoms with Crippen molar-refractivity contribution in [3.63, 3.8) is 0 Å². The molecule has 2 atom stereocenters. The third-order valence-corrected chi connectivity index (χ3v) is 13.5. The number of unbranched alkanes of at least 4 members (excludes halogenated alkanes) is 30. The number of carboxylic acid groups (broad SMARTS) is 1. The van der Waals surface area contributed by atoms with Crippen LogP contribution in [0.15, 0.2) is 72.9 Å². The molecule has 434 valence electrons. The topological polar surface area (TPSA) is 108 Å². The van der Waals surface area contributed by atoms with Gasteiger partial charge in [-0.2, -0.15) is 0 Å². The molecule has 2 unspecified atom stereocenters. The van der Waals surface area contributed by atoms with E-state index in [4.69, 9.17) is 18.9 Å². The molecule has 0 aliphatic rings. The molecule has 75 heavy (non-hydrogen) atoms. The highest BCUT2D eigenvalue weighted by atomic mass is 16.7. The molecule has 0 spiro atoms. The summed E-state index contributed by atoms with van der Waals surface area (Å²) in [6, 6.07) is 0. The summed E-state index contributed by atoms with van der Waals surface area (Å²) in [4.78, 5) is 37.2. The monoisotopic (exact) mass is 1050 g/mol. The van der Waals surface area contributed by atoms with E-state index in [2.05, 4.69) is 86.8 Å². The standard InChI is InChI=1S/C66H117NO8/c1-6-8-10-12-14-16-17-18-19-20-21-22-23-24-25-26-27-28-29-30-31-32-33-34-35-36-37-38-39-40-41-42-43-44-45-46-47-49-51-53-55-57-64(69)75-62(61-74-66(65(70)71)72-59-58-67(3,4)5)60-73-63(68)56-54-52-50-48-15-13-11-9-7-2/h8,10,14,16,18-19,21-22,24-25,27-28,62,66H,6-7,9,11-13,15,17,20,23,26,29-61H2,1-5H3/p+1/b10-8-,16-14-,19-18-,22-21-,25-24-,28-27-. The molecule has 0 aliphatic carbocycles. The molecule has 9 heteroatoms. The molecule has 0 bridgehead atoms. The summed E-state index contributed by atoms with van der Waals surface area (Å²) in [5.41, 5.74) is 0. The minimum atomic E-state index is -1.51. The van der Waals surface area contributed by atoms with Crippen LogP contribution in [0, 0.1) is 0 Å². The number of aliphatic carboxylic acids is 1. The summed E-state index contributed by atoms with van der Waals surface area (Å²) in [5.74, 6) is -2.00. The van der Waals surface area contributed by atoms with Gasteiger partial charge >= 0.3 is 17.9 Å². The van der Waals surface area contributed by atoms with Gasteiger partial charge in [0.25, 0.3) is 6.29 Å². The van der Waals surface area contributed by atoms with E-state index in [0.29, 0.717) is 17.4 Å². The molecule has 0 saturated carbocycles. The van der Waals surface area contributed by atoms with Crippen LogP contribution in [0.2, 0.25) is 0 Å². The van der Waals surface area contributed by atoms with Crippen molar-refractivity contribution >= 4 is 17.9 Å². The van der Waals surface area contributed by atoms with Crippen LogP contribution >= 0.6 is 0 Å². The van der Waals surface area contributed by atoms with Crippen LogP contribution in [0.25, 0.3) is 0 Å².